The van der Waals surface area contributed by atoms with Gasteiger partial charge in [-0.2, -0.15) is 0 Å². The molecule has 1 aromatic heterocycles. The van der Waals surface area contributed by atoms with Gasteiger partial charge in [0.25, 0.3) is 0 Å². The standard InChI is InChI=1S/C15H17FN2O2/c1-3-10(2)17-15(20)9-18-7-6-14(19)12-8-11(16)4-5-13(12)18/h4-8,10H,3,9H2,1-2H3,(H,17,20)/t10-/m0/s1. The van der Waals surface area contributed by atoms with E-state index in [2.05, 4.69) is 5.32 Å². The molecule has 1 N–H and O–H groups in total. The number of hydrogen-bond donors (Lipinski definition) is 1. The van der Waals surface area contributed by atoms with Gasteiger partial charge in [-0.3, -0.25) is 9.59 Å². The molecule has 5 heteroatoms. The van der Waals surface area contributed by atoms with Crippen LogP contribution in [0.4, 0.5) is 4.39 Å². The van der Waals surface area contributed by atoms with Gasteiger partial charge in [-0.25, -0.2) is 4.39 Å². The molecule has 0 aliphatic heterocycles. The van der Waals surface area contributed by atoms with Gasteiger partial charge in [0.2, 0.25) is 5.91 Å². The first-order chi connectivity index (χ1) is 9.51. The van der Waals surface area contributed by atoms with Crippen molar-refractivity contribution in [2.75, 3.05) is 0 Å². The average molecular weight is 276 g/mol. The zero-order chi connectivity index (χ0) is 14.7. The van der Waals surface area contributed by atoms with Gasteiger partial charge < -0.3 is 9.88 Å². The van der Waals surface area contributed by atoms with Gasteiger partial charge in [0, 0.05) is 23.7 Å². The molecule has 0 aliphatic rings. The number of carbonyl (C=O) groups is 1. The highest BCUT2D eigenvalue weighted by Gasteiger charge is 2.09. The summed E-state index contributed by atoms with van der Waals surface area (Å²) in [4.78, 5) is 23.6. The number of aromatic nitrogens is 1. The molecule has 0 bridgehead atoms. The molecule has 1 heterocycles. The molecule has 0 unspecified atom stereocenters. The number of halogens is 1. The van der Waals surface area contributed by atoms with Crippen molar-refractivity contribution in [2.45, 2.75) is 32.9 Å². The normalized spacial score (nSPS) is 12.3. The summed E-state index contributed by atoms with van der Waals surface area (Å²) in [5.74, 6) is -0.593. The zero-order valence-corrected chi connectivity index (χ0v) is 11.5. The van der Waals surface area contributed by atoms with Crippen molar-refractivity contribution in [3.63, 3.8) is 0 Å². The van der Waals surface area contributed by atoms with Crippen LogP contribution >= 0.6 is 0 Å². The van der Waals surface area contributed by atoms with Gasteiger partial charge in [0.1, 0.15) is 12.4 Å². The van der Waals surface area contributed by atoms with Gasteiger partial charge in [0.05, 0.1) is 5.52 Å². The Hall–Kier alpha value is -2.17. The van der Waals surface area contributed by atoms with Crippen LogP contribution in [0.15, 0.2) is 35.3 Å². The van der Waals surface area contributed by atoms with Crippen molar-refractivity contribution in [1.82, 2.24) is 9.88 Å². The summed E-state index contributed by atoms with van der Waals surface area (Å²) in [6.45, 7) is 4.02. The van der Waals surface area contributed by atoms with Crippen LogP contribution in [0.5, 0.6) is 0 Å². The van der Waals surface area contributed by atoms with Gasteiger partial charge in [0.15, 0.2) is 5.43 Å². The maximum atomic E-state index is 13.2. The number of hydrogen-bond acceptors (Lipinski definition) is 2. The Kier molecular flexibility index (Phi) is 4.17. The van der Waals surface area contributed by atoms with E-state index in [1.807, 2.05) is 13.8 Å². The van der Waals surface area contributed by atoms with Gasteiger partial charge >= 0.3 is 0 Å². The highest BCUT2D eigenvalue weighted by Crippen LogP contribution is 2.12. The number of nitrogens with zero attached hydrogens (tertiary/aromatic N) is 1. The lowest BCUT2D eigenvalue weighted by molar-refractivity contribution is -0.122. The minimum absolute atomic E-state index is 0.102. The van der Waals surface area contributed by atoms with E-state index in [1.54, 1.807) is 10.8 Å². The molecule has 0 saturated heterocycles. The Balaban J connectivity index is 2.34. The smallest absolute Gasteiger partial charge is 0.240 e. The van der Waals surface area contributed by atoms with E-state index < -0.39 is 5.82 Å². The zero-order valence-electron chi connectivity index (χ0n) is 11.5. The lowest BCUT2D eigenvalue weighted by Gasteiger charge is -2.14. The molecule has 0 fully saturated rings. The number of benzene rings is 1. The largest absolute Gasteiger partial charge is 0.352 e. The molecule has 0 spiro atoms. The second-order valence-corrected chi connectivity index (χ2v) is 4.85. The molecule has 106 valence electrons. The van der Waals surface area contributed by atoms with E-state index >= 15 is 0 Å². The Morgan fingerprint density at radius 1 is 1.40 bits per heavy atom. The van der Waals surface area contributed by atoms with Crippen LogP contribution in [0.3, 0.4) is 0 Å². The summed E-state index contributed by atoms with van der Waals surface area (Å²) in [6.07, 6.45) is 2.40. The molecule has 1 atom stereocenters. The summed E-state index contributed by atoms with van der Waals surface area (Å²) in [6, 6.07) is 5.44. The minimum Gasteiger partial charge on any atom is -0.352 e. The molecule has 2 aromatic rings. The molecule has 2 rings (SSSR count). The molecule has 20 heavy (non-hydrogen) atoms. The maximum Gasteiger partial charge on any atom is 0.240 e. The van der Waals surface area contributed by atoms with E-state index in [4.69, 9.17) is 0 Å². The third-order valence-corrected chi connectivity index (χ3v) is 3.27. The molecule has 1 amide bonds. The summed E-state index contributed by atoms with van der Waals surface area (Å²) >= 11 is 0. The van der Waals surface area contributed by atoms with Crippen molar-refractivity contribution in [2.24, 2.45) is 0 Å². The maximum absolute atomic E-state index is 13.2. The van der Waals surface area contributed by atoms with E-state index in [0.717, 1.165) is 6.42 Å². The Labute approximate surface area is 116 Å². The minimum atomic E-state index is -0.462. The van der Waals surface area contributed by atoms with Crippen LogP contribution in [-0.4, -0.2) is 16.5 Å². The topological polar surface area (TPSA) is 51.1 Å². The van der Waals surface area contributed by atoms with Crippen LogP contribution in [0.1, 0.15) is 20.3 Å². The summed E-state index contributed by atoms with van der Waals surface area (Å²) in [5, 5.41) is 3.14. The van der Waals surface area contributed by atoms with Crippen molar-refractivity contribution in [3.05, 3.63) is 46.5 Å². The first kappa shape index (κ1) is 14.2. The number of rotatable bonds is 4. The van der Waals surface area contributed by atoms with Crippen molar-refractivity contribution < 1.29 is 9.18 Å². The van der Waals surface area contributed by atoms with E-state index in [9.17, 15) is 14.0 Å². The Bertz CT molecular complexity index is 694. The first-order valence-corrected chi connectivity index (χ1v) is 6.59. The Morgan fingerprint density at radius 2 is 2.15 bits per heavy atom. The lowest BCUT2D eigenvalue weighted by Crippen LogP contribution is -2.34. The summed E-state index contributed by atoms with van der Waals surface area (Å²) in [5.41, 5.74) is 0.302. The number of amides is 1. The molecule has 0 aliphatic carbocycles. The highest BCUT2D eigenvalue weighted by molar-refractivity contribution is 5.82. The van der Waals surface area contributed by atoms with Gasteiger partial charge in [-0.05, 0) is 31.5 Å². The van der Waals surface area contributed by atoms with Crippen LogP contribution in [-0.2, 0) is 11.3 Å². The fourth-order valence-electron chi connectivity index (χ4n) is 2.00. The summed E-state index contributed by atoms with van der Waals surface area (Å²) in [7, 11) is 0. The predicted molar refractivity (Wildman–Crippen MR) is 76.1 cm³/mol. The molecule has 1 aromatic carbocycles. The number of carbonyl (C=O) groups excluding carboxylic acids is 1. The lowest BCUT2D eigenvalue weighted by atomic mass is 10.2. The predicted octanol–water partition coefficient (Wildman–Crippen LogP) is 2.06. The highest BCUT2D eigenvalue weighted by atomic mass is 19.1. The SMILES string of the molecule is CC[C@H](C)NC(=O)Cn1ccc(=O)c2cc(F)ccc21. The number of pyridine rings is 1. The average Bonchev–Trinajstić information content (AvgIpc) is 2.42. The van der Waals surface area contributed by atoms with Crippen molar-refractivity contribution >= 4 is 16.8 Å². The monoisotopic (exact) mass is 276 g/mol. The second-order valence-electron chi connectivity index (χ2n) is 4.85. The van der Waals surface area contributed by atoms with E-state index in [-0.39, 0.29) is 29.3 Å². The van der Waals surface area contributed by atoms with Gasteiger partial charge in [-0.1, -0.05) is 6.92 Å². The fraction of sp³-hybridized carbons (Fsp3) is 0.333. The third kappa shape index (κ3) is 3.04. The molecular formula is C15H17FN2O2. The van der Waals surface area contributed by atoms with E-state index in [0.29, 0.717) is 5.52 Å². The molecule has 4 nitrogen and oxygen atoms in total. The quantitative estimate of drug-likeness (QED) is 0.929. The van der Waals surface area contributed by atoms with Crippen LogP contribution in [0.25, 0.3) is 10.9 Å². The first-order valence-electron chi connectivity index (χ1n) is 6.59. The van der Waals surface area contributed by atoms with Crippen molar-refractivity contribution in [3.8, 4) is 0 Å². The number of fused-ring (bicyclic) bond motifs is 1. The van der Waals surface area contributed by atoms with Gasteiger partial charge in [-0.15, -0.1) is 0 Å². The summed E-state index contributed by atoms with van der Waals surface area (Å²) < 4.78 is 14.8. The van der Waals surface area contributed by atoms with Crippen LogP contribution in [0.2, 0.25) is 0 Å². The third-order valence-electron chi connectivity index (χ3n) is 3.27. The van der Waals surface area contributed by atoms with Crippen LogP contribution in [0, 0.1) is 5.82 Å². The molecule has 0 saturated carbocycles. The Morgan fingerprint density at radius 3 is 2.85 bits per heavy atom. The van der Waals surface area contributed by atoms with Crippen molar-refractivity contribution in [1.29, 1.82) is 0 Å². The number of nitrogens with one attached hydrogen (secondary N) is 1. The van der Waals surface area contributed by atoms with Crippen LogP contribution < -0.4 is 10.7 Å². The van der Waals surface area contributed by atoms with E-state index in [1.165, 1.54) is 24.3 Å². The molecular weight excluding hydrogens is 259 g/mol. The second kappa shape index (κ2) is 5.86. The molecule has 0 radical (unpaired) electrons. The fourth-order valence-corrected chi connectivity index (χ4v) is 2.00.